The number of nitrogens with zero attached hydrogens (tertiary/aromatic N) is 1. The second-order valence-corrected chi connectivity index (χ2v) is 6.65. The quantitative estimate of drug-likeness (QED) is 0.240. The van der Waals surface area contributed by atoms with Crippen molar-refractivity contribution >= 4 is 21.5 Å². The Balaban J connectivity index is 0.00000157. The summed E-state index contributed by atoms with van der Waals surface area (Å²) in [6.07, 6.45) is 6.91. The van der Waals surface area contributed by atoms with Crippen molar-refractivity contribution in [3.63, 3.8) is 0 Å². The summed E-state index contributed by atoms with van der Waals surface area (Å²) in [4.78, 5) is 4.70. The van der Waals surface area contributed by atoms with Crippen LogP contribution in [-0.4, -0.2) is 4.98 Å². The Morgan fingerprint density at radius 1 is 0.800 bits per heavy atom. The smallest absolute Gasteiger partial charge is 0.0167 e. The Hall–Kier alpha value is -2.02. The predicted molar refractivity (Wildman–Crippen MR) is 100 cm³/mol. The van der Waals surface area contributed by atoms with E-state index in [0.717, 1.165) is 11.3 Å². The first-order valence-corrected chi connectivity index (χ1v) is 8.70. The fourth-order valence-corrected chi connectivity index (χ4v) is 3.95. The molecule has 0 unspecified atom stereocenters. The van der Waals surface area contributed by atoms with E-state index in [1.807, 2.05) is 6.20 Å². The summed E-state index contributed by atoms with van der Waals surface area (Å²) in [6.45, 7) is 0. The molecule has 0 spiro atoms. The fraction of sp³-hybridized carbons (Fsp3) is 0.174. The van der Waals surface area contributed by atoms with Gasteiger partial charge in [-0.25, -0.2) is 0 Å². The Kier molecular flexibility index (Phi) is 4.41. The molecule has 1 radical (unpaired) electrons. The predicted octanol–water partition coefficient (Wildman–Crippen LogP) is 5.73. The molecular weight excluding hydrogens is 482 g/mol. The second-order valence-electron chi connectivity index (χ2n) is 6.65. The molecule has 0 amide bonds. The molecule has 0 bridgehead atoms. The molecular formula is C23H18IrN-. The number of hydrogen-bond acceptors (Lipinski definition) is 1. The van der Waals surface area contributed by atoms with Crippen molar-refractivity contribution < 1.29 is 20.1 Å². The molecule has 3 aromatic carbocycles. The third-order valence-electron chi connectivity index (χ3n) is 5.20. The van der Waals surface area contributed by atoms with Gasteiger partial charge in [-0.2, -0.15) is 0 Å². The van der Waals surface area contributed by atoms with E-state index in [-0.39, 0.29) is 20.1 Å². The van der Waals surface area contributed by atoms with Crippen LogP contribution < -0.4 is 0 Å². The van der Waals surface area contributed by atoms with Crippen LogP contribution in [0.4, 0.5) is 0 Å². The molecule has 1 aliphatic carbocycles. The topological polar surface area (TPSA) is 12.9 Å². The molecule has 1 aliphatic rings. The van der Waals surface area contributed by atoms with Gasteiger partial charge in [-0.05, 0) is 39.7 Å². The molecule has 1 aromatic heterocycles. The maximum Gasteiger partial charge on any atom is 0.0167 e. The van der Waals surface area contributed by atoms with Gasteiger partial charge in [0.2, 0.25) is 0 Å². The molecule has 2 heteroatoms. The van der Waals surface area contributed by atoms with Crippen LogP contribution >= 0.6 is 0 Å². The van der Waals surface area contributed by atoms with Crippen molar-refractivity contribution in [2.75, 3.05) is 0 Å². The molecule has 0 saturated carbocycles. The van der Waals surface area contributed by atoms with Crippen molar-refractivity contribution in [3.05, 3.63) is 78.0 Å². The number of rotatable bonds is 1. The molecule has 0 atom stereocenters. The van der Waals surface area contributed by atoms with Crippen molar-refractivity contribution in [2.45, 2.75) is 25.7 Å². The normalized spacial score (nSPS) is 13.4. The van der Waals surface area contributed by atoms with Crippen LogP contribution in [0.3, 0.4) is 0 Å². The number of hydrogen-bond donors (Lipinski definition) is 0. The first kappa shape index (κ1) is 16.4. The monoisotopic (exact) mass is 501 g/mol. The fourth-order valence-electron chi connectivity index (χ4n) is 3.95. The van der Waals surface area contributed by atoms with E-state index >= 15 is 0 Å². The molecule has 0 fully saturated rings. The van der Waals surface area contributed by atoms with Gasteiger partial charge in [0, 0.05) is 26.3 Å². The summed E-state index contributed by atoms with van der Waals surface area (Å²) in [7, 11) is 0. The Bertz CT molecular complexity index is 1070. The Labute approximate surface area is 161 Å². The number of fused-ring (bicyclic) bond motifs is 4. The molecule has 0 N–H and O–H groups in total. The molecule has 1 heterocycles. The van der Waals surface area contributed by atoms with Gasteiger partial charge in [0.25, 0.3) is 0 Å². The zero-order valence-corrected chi connectivity index (χ0v) is 16.3. The van der Waals surface area contributed by atoms with Crippen LogP contribution in [-0.2, 0) is 32.9 Å². The largest absolute Gasteiger partial charge is 0.304 e. The molecule has 125 valence electrons. The molecule has 5 rings (SSSR count). The van der Waals surface area contributed by atoms with Crippen molar-refractivity contribution in [1.82, 2.24) is 4.98 Å². The van der Waals surface area contributed by atoms with E-state index in [2.05, 4.69) is 60.7 Å². The minimum Gasteiger partial charge on any atom is -0.304 e. The van der Waals surface area contributed by atoms with Crippen LogP contribution in [0.25, 0.3) is 32.8 Å². The summed E-state index contributed by atoms with van der Waals surface area (Å²) < 4.78 is 0. The van der Waals surface area contributed by atoms with Crippen LogP contribution in [0.1, 0.15) is 24.0 Å². The van der Waals surface area contributed by atoms with Gasteiger partial charge >= 0.3 is 0 Å². The molecule has 4 aromatic rings. The summed E-state index contributed by atoms with van der Waals surface area (Å²) in [5.74, 6) is 0. The minimum absolute atomic E-state index is 0. The van der Waals surface area contributed by atoms with Crippen LogP contribution in [0.15, 0.2) is 60.8 Å². The minimum atomic E-state index is 0. The summed E-state index contributed by atoms with van der Waals surface area (Å²) in [6, 6.07) is 23.1. The van der Waals surface area contributed by atoms with E-state index in [1.54, 1.807) is 0 Å². The number of aryl methyl sites for hydroxylation is 2. The van der Waals surface area contributed by atoms with Gasteiger partial charge in [0.1, 0.15) is 0 Å². The molecule has 1 nitrogen and oxygen atoms in total. The van der Waals surface area contributed by atoms with E-state index in [1.165, 1.54) is 58.4 Å². The van der Waals surface area contributed by atoms with Crippen molar-refractivity contribution in [3.8, 4) is 11.3 Å². The average Bonchev–Trinajstić information content (AvgIpc) is 2.67. The van der Waals surface area contributed by atoms with E-state index in [0.29, 0.717) is 0 Å². The molecule has 0 aliphatic heterocycles. The third kappa shape index (κ3) is 2.80. The molecule has 25 heavy (non-hydrogen) atoms. The van der Waals surface area contributed by atoms with E-state index in [4.69, 9.17) is 4.98 Å². The second kappa shape index (κ2) is 6.71. The summed E-state index contributed by atoms with van der Waals surface area (Å²) >= 11 is 0. The number of benzene rings is 3. The van der Waals surface area contributed by atoms with Gasteiger partial charge < -0.3 is 4.98 Å². The zero-order chi connectivity index (χ0) is 15.9. The number of aromatic nitrogens is 1. The van der Waals surface area contributed by atoms with Gasteiger partial charge in [0.15, 0.2) is 0 Å². The van der Waals surface area contributed by atoms with Crippen molar-refractivity contribution in [1.29, 1.82) is 0 Å². The van der Waals surface area contributed by atoms with Crippen molar-refractivity contribution in [2.24, 2.45) is 0 Å². The first-order chi connectivity index (χ1) is 11.9. The SMILES string of the molecule is [Ir].[c-]1cc2c(cc1-c1nccc3c1ccc1ccccc13)CCCC2. The van der Waals surface area contributed by atoms with Gasteiger partial charge in [0.05, 0.1) is 0 Å². The first-order valence-electron chi connectivity index (χ1n) is 8.70. The summed E-state index contributed by atoms with van der Waals surface area (Å²) in [5, 5.41) is 5.04. The Morgan fingerprint density at radius 2 is 1.64 bits per heavy atom. The summed E-state index contributed by atoms with van der Waals surface area (Å²) in [5.41, 5.74) is 5.12. The van der Waals surface area contributed by atoms with Crippen LogP contribution in [0.2, 0.25) is 0 Å². The van der Waals surface area contributed by atoms with Gasteiger partial charge in [-0.15, -0.1) is 34.9 Å². The van der Waals surface area contributed by atoms with Crippen LogP contribution in [0, 0.1) is 6.07 Å². The molecule has 0 saturated heterocycles. The number of pyridine rings is 1. The van der Waals surface area contributed by atoms with Gasteiger partial charge in [-0.1, -0.05) is 55.7 Å². The zero-order valence-electron chi connectivity index (χ0n) is 13.9. The maximum absolute atomic E-state index is 4.70. The van der Waals surface area contributed by atoms with Crippen LogP contribution in [0.5, 0.6) is 0 Å². The maximum atomic E-state index is 4.70. The average molecular weight is 501 g/mol. The standard InChI is InChI=1S/C23H18N.Ir/c1-2-7-18-15-19(10-9-16(18)5-1)23-22-12-11-17-6-3-4-8-20(17)21(22)13-14-24-23;/h3-4,6,8-9,11-15H,1-2,5,7H2;/q-1;. The van der Waals surface area contributed by atoms with Gasteiger partial charge in [-0.3, -0.25) is 0 Å². The Morgan fingerprint density at radius 3 is 2.56 bits per heavy atom. The third-order valence-corrected chi connectivity index (χ3v) is 5.20. The van der Waals surface area contributed by atoms with E-state index < -0.39 is 0 Å². The van der Waals surface area contributed by atoms with E-state index in [9.17, 15) is 0 Å².